The van der Waals surface area contributed by atoms with Gasteiger partial charge in [-0.15, -0.1) is 0 Å². The number of furan rings is 1. The fourth-order valence-corrected chi connectivity index (χ4v) is 3.47. The normalized spacial score (nSPS) is 21.9. The number of rotatable bonds is 5. The molecule has 1 saturated carbocycles. The number of hydrogen-bond acceptors (Lipinski definition) is 2. The van der Waals surface area contributed by atoms with Crippen molar-refractivity contribution in [3.05, 3.63) is 47.7 Å². The van der Waals surface area contributed by atoms with Gasteiger partial charge in [0.1, 0.15) is 11.5 Å². The van der Waals surface area contributed by atoms with E-state index >= 15 is 0 Å². The van der Waals surface area contributed by atoms with E-state index in [0.717, 1.165) is 29.5 Å². The average Bonchev–Trinajstić information content (AvgIpc) is 2.95. The van der Waals surface area contributed by atoms with Crippen molar-refractivity contribution in [3.8, 4) is 11.3 Å². The Labute approximate surface area is 133 Å². The van der Waals surface area contributed by atoms with Crippen molar-refractivity contribution in [2.45, 2.75) is 58.5 Å². The standard InChI is InChI=1S/C20H27NO/c1-3-16-9-11-19(12-10-16)21-14-18-13-20(22-15(18)2)17-7-5-4-6-8-17/h4-8,13,16,19,21H,3,9-12,14H2,1-2H3. The van der Waals surface area contributed by atoms with Gasteiger partial charge in [0.05, 0.1) is 0 Å². The summed E-state index contributed by atoms with van der Waals surface area (Å²) >= 11 is 0. The average molecular weight is 297 g/mol. The second-order valence-electron chi connectivity index (χ2n) is 6.56. The molecule has 0 spiro atoms. The van der Waals surface area contributed by atoms with Crippen LogP contribution < -0.4 is 5.32 Å². The van der Waals surface area contributed by atoms with Crippen molar-refractivity contribution < 1.29 is 4.42 Å². The van der Waals surface area contributed by atoms with Gasteiger partial charge in [-0.3, -0.25) is 0 Å². The highest BCUT2D eigenvalue weighted by molar-refractivity contribution is 5.58. The molecule has 1 N–H and O–H groups in total. The first-order valence-corrected chi connectivity index (χ1v) is 8.64. The highest BCUT2D eigenvalue weighted by Gasteiger charge is 2.20. The molecule has 3 rings (SSSR count). The van der Waals surface area contributed by atoms with E-state index in [1.165, 1.54) is 37.7 Å². The zero-order chi connectivity index (χ0) is 15.4. The van der Waals surface area contributed by atoms with E-state index in [0.29, 0.717) is 6.04 Å². The number of benzene rings is 1. The molecule has 22 heavy (non-hydrogen) atoms. The Kier molecular flexibility index (Phi) is 4.99. The molecule has 0 atom stereocenters. The summed E-state index contributed by atoms with van der Waals surface area (Å²) in [5.41, 5.74) is 2.44. The summed E-state index contributed by atoms with van der Waals surface area (Å²) in [6.07, 6.45) is 6.75. The smallest absolute Gasteiger partial charge is 0.134 e. The van der Waals surface area contributed by atoms with E-state index < -0.39 is 0 Å². The summed E-state index contributed by atoms with van der Waals surface area (Å²) in [5, 5.41) is 3.73. The Bertz CT molecular complexity index is 579. The van der Waals surface area contributed by atoms with E-state index in [1.54, 1.807) is 0 Å². The lowest BCUT2D eigenvalue weighted by Crippen LogP contribution is -2.32. The topological polar surface area (TPSA) is 25.2 Å². The minimum Gasteiger partial charge on any atom is -0.461 e. The van der Waals surface area contributed by atoms with Gasteiger partial charge in [-0.2, -0.15) is 0 Å². The maximum Gasteiger partial charge on any atom is 0.134 e. The van der Waals surface area contributed by atoms with Crippen LogP contribution in [-0.2, 0) is 6.54 Å². The van der Waals surface area contributed by atoms with Crippen LogP contribution in [0.4, 0.5) is 0 Å². The summed E-state index contributed by atoms with van der Waals surface area (Å²) in [7, 11) is 0. The number of aryl methyl sites for hydroxylation is 1. The first-order chi connectivity index (χ1) is 10.8. The van der Waals surface area contributed by atoms with Crippen LogP contribution in [0.1, 0.15) is 50.4 Å². The van der Waals surface area contributed by atoms with E-state index in [-0.39, 0.29) is 0 Å². The highest BCUT2D eigenvalue weighted by atomic mass is 16.3. The molecule has 2 aromatic rings. The van der Waals surface area contributed by atoms with E-state index in [2.05, 4.69) is 49.5 Å². The molecular weight excluding hydrogens is 270 g/mol. The van der Waals surface area contributed by atoms with Crippen LogP contribution in [0.2, 0.25) is 0 Å². The van der Waals surface area contributed by atoms with Gasteiger partial charge in [0.2, 0.25) is 0 Å². The molecule has 1 aliphatic carbocycles. The quantitative estimate of drug-likeness (QED) is 0.808. The third-order valence-electron chi connectivity index (χ3n) is 5.08. The summed E-state index contributed by atoms with van der Waals surface area (Å²) in [5.74, 6) is 2.97. The SMILES string of the molecule is CCC1CCC(NCc2cc(-c3ccccc3)oc2C)CC1. The second kappa shape index (κ2) is 7.15. The molecule has 1 aromatic heterocycles. The molecule has 1 aromatic carbocycles. The number of nitrogens with one attached hydrogen (secondary N) is 1. The molecule has 0 aliphatic heterocycles. The van der Waals surface area contributed by atoms with Crippen LogP contribution in [-0.4, -0.2) is 6.04 Å². The predicted octanol–water partition coefficient (Wildman–Crippen LogP) is 5.31. The molecule has 0 radical (unpaired) electrons. The van der Waals surface area contributed by atoms with Gasteiger partial charge in [-0.1, -0.05) is 43.7 Å². The molecule has 0 saturated heterocycles. The van der Waals surface area contributed by atoms with Gasteiger partial charge in [0, 0.05) is 23.7 Å². The lowest BCUT2D eigenvalue weighted by atomic mass is 9.84. The van der Waals surface area contributed by atoms with Crippen LogP contribution in [0.5, 0.6) is 0 Å². The molecule has 0 bridgehead atoms. The van der Waals surface area contributed by atoms with Gasteiger partial charge in [-0.25, -0.2) is 0 Å². The highest BCUT2D eigenvalue weighted by Crippen LogP contribution is 2.28. The van der Waals surface area contributed by atoms with Crippen LogP contribution in [0.25, 0.3) is 11.3 Å². The van der Waals surface area contributed by atoms with Gasteiger partial charge in [0.15, 0.2) is 0 Å². The monoisotopic (exact) mass is 297 g/mol. The van der Waals surface area contributed by atoms with E-state index in [9.17, 15) is 0 Å². The zero-order valence-electron chi connectivity index (χ0n) is 13.8. The Morgan fingerprint density at radius 2 is 1.82 bits per heavy atom. The predicted molar refractivity (Wildman–Crippen MR) is 91.8 cm³/mol. The number of hydrogen-bond donors (Lipinski definition) is 1. The minimum atomic E-state index is 0.678. The summed E-state index contributed by atoms with van der Waals surface area (Å²) in [6, 6.07) is 13.2. The largest absolute Gasteiger partial charge is 0.461 e. The first kappa shape index (κ1) is 15.4. The molecule has 2 heteroatoms. The van der Waals surface area contributed by atoms with Gasteiger partial charge in [0.25, 0.3) is 0 Å². The molecule has 0 amide bonds. The molecule has 1 heterocycles. The van der Waals surface area contributed by atoms with Gasteiger partial charge < -0.3 is 9.73 Å². The lowest BCUT2D eigenvalue weighted by Gasteiger charge is -2.28. The van der Waals surface area contributed by atoms with E-state index in [1.807, 2.05) is 6.07 Å². The zero-order valence-corrected chi connectivity index (χ0v) is 13.8. The molecule has 1 aliphatic rings. The molecular formula is C20H27NO. The Morgan fingerprint density at radius 1 is 1.09 bits per heavy atom. The van der Waals surface area contributed by atoms with Crippen LogP contribution in [0.15, 0.2) is 40.8 Å². The van der Waals surface area contributed by atoms with E-state index in [4.69, 9.17) is 4.42 Å². The van der Waals surface area contributed by atoms with Crippen molar-refractivity contribution in [2.24, 2.45) is 5.92 Å². The molecule has 0 unspecified atom stereocenters. The second-order valence-corrected chi connectivity index (χ2v) is 6.56. The third-order valence-corrected chi connectivity index (χ3v) is 5.08. The Morgan fingerprint density at radius 3 is 2.50 bits per heavy atom. The third kappa shape index (κ3) is 3.61. The first-order valence-electron chi connectivity index (χ1n) is 8.64. The van der Waals surface area contributed by atoms with Gasteiger partial charge in [-0.05, 0) is 44.6 Å². The maximum absolute atomic E-state index is 5.94. The molecule has 1 fully saturated rings. The van der Waals surface area contributed by atoms with Crippen LogP contribution >= 0.6 is 0 Å². The Hall–Kier alpha value is -1.54. The van der Waals surface area contributed by atoms with Gasteiger partial charge >= 0.3 is 0 Å². The summed E-state index contributed by atoms with van der Waals surface area (Å²) < 4.78 is 5.94. The van der Waals surface area contributed by atoms with Crippen molar-refractivity contribution in [2.75, 3.05) is 0 Å². The maximum atomic E-state index is 5.94. The lowest BCUT2D eigenvalue weighted by molar-refractivity contribution is 0.285. The fraction of sp³-hybridized carbons (Fsp3) is 0.500. The fourth-order valence-electron chi connectivity index (χ4n) is 3.47. The van der Waals surface area contributed by atoms with Crippen LogP contribution in [0.3, 0.4) is 0 Å². The summed E-state index contributed by atoms with van der Waals surface area (Å²) in [4.78, 5) is 0. The van der Waals surface area contributed by atoms with Crippen LogP contribution in [0, 0.1) is 12.8 Å². The minimum absolute atomic E-state index is 0.678. The van der Waals surface area contributed by atoms with Crippen molar-refractivity contribution in [1.29, 1.82) is 0 Å². The van der Waals surface area contributed by atoms with Crippen molar-refractivity contribution >= 4 is 0 Å². The molecule has 2 nitrogen and oxygen atoms in total. The molecule has 118 valence electrons. The Balaban J connectivity index is 1.58. The van der Waals surface area contributed by atoms with Crippen molar-refractivity contribution in [1.82, 2.24) is 5.32 Å². The van der Waals surface area contributed by atoms with Crippen molar-refractivity contribution in [3.63, 3.8) is 0 Å². The summed E-state index contributed by atoms with van der Waals surface area (Å²) in [6.45, 7) is 5.30.